The van der Waals surface area contributed by atoms with E-state index in [0.29, 0.717) is 0 Å². The maximum absolute atomic E-state index is 2.61. The van der Waals surface area contributed by atoms with Crippen LogP contribution in [0.25, 0.3) is 121 Å². The van der Waals surface area contributed by atoms with Gasteiger partial charge in [-0.05, 0) is 263 Å². The molecule has 0 amide bonds. The van der Waals surface area contributed by atoms with E-state index in [1.807, 2.05) is 0 Å². The van der Waals surface area contributed by atoms with Crippen molar-refractivity contribution < 1.29 is 0 Å². The lowest BCUT2D eigenvalue weighted by Crippen LogP contribution is -2.38. The molecule has 0 aromatic heterocycles. The smallest absolute Gasteiger partial charge is 0.0544 e. The first-order valence-corrected chi connectivity index (χ1v) is 36.3. The van der Waals surface area contributed by atoms with Crippen molar-refractivity contribution in [1.29, 1.82) is 0 Å². The molecule has 0 saturated heterocycles. The van der Waals surface area contributed by atoms with Crippen molar-refractivity contribution in [1.82, 2.24) is 0 Å². The first kappa shape index (κ1) is 60.1. The van der Waals surface area contributed by atoms with Crippen molar-refractivity contribution in [3.63, 3.8) is 0 Å². The van der Waals surface area contributed by atoms with Crippen molar-refractivity contribution in [3.05, 3.63) is 360 Å². The molecule has 0 saturated carbocycles. The van der Waals surface area contributed by atoms with Crippen LogP contribution in [0.4, 0.5) is 34.1 Å². The fraction of sp³-hybridized carbons (Fsp3) is 0.120. The summed E-state index contributed by atoms with van der Waals surface area (Å²) in [5.41, 5.74) is 34.0. The van der Waals surface area contributed by atoms with Gasteiger partial charge >= 0.3 is 0 Å². The van der Waals surface area contributed by atoms with E-state index in [-0.39, 0.29) is 21.7 Å². The Kier molecular flexibility index (Phi) is 12.9. The molecule has 2 nitrogen and oxygen atoms in total. The SMILES string of the molecule is CC1(C)c2cc(-c3ccc4ccccc4c3)ccc2N2c3ccc(-c4ccc5ccccc5c4)cc3C(C)(C)c3cc(-c4ccc(-c5ccc(-c6cc7c8c(c6)C(C)(C)c6cc(-c9ccc%10ccccc%10c9)ccc6N8c6ccc(-c8ccc9ccccc9c8)cc6C7(C)C)cc5)cc4)cc1c32. The Labute approximate surface area is 598 Å². The Bertz CT molecular complexity index is 5540. The predicted molar refractivity (Wildman–Crippen MR) is 432 cm³/mol. The molecule has 0 unspecified atom stereocenters. The summed E-state index contributed by atoms with van der Waals surface area (Å²) < 4.78 is 0. The molecule has 0 aliphatic carbocycles. The molecular weight excluding hydrogens is 1230 g/mol. The summed E-state index contributed by atoms with van der Waals surface area (Å²) in [6.45, 7) is 19.6. The fourth-order valence-corrected chi connectivity index (χ4v) is 18.1. The van der Waals surface area contributed by atoms with Gasteiger partial charge in [-0.25, -0.2) is 0 Å². The van der Waals surface area contributed by atoms with Crippen LogP contribution in [-0.4, -0.2) is 0 Å². The molecule has 0 fully saturated rings. The molecule has 486 valence electrons. The Hall–Kier alpha value is -11.8. The lowest BCUT2D eigenvalue weighted by atomic mass is 9.65. The molecule has 2 heteroatoms. The van der Waals surface area contributed by atoms with Crippen molar-refractivity contribution in [2.75, 3.05) is 9.80 Å². The molecule has 0 bridgehead atoms. The Morgan fingerprint density at radius 3 is 0.569 bits per heavy atom. The minimum absolute atomic E-state index is 0.335. The summed E-state index contributed by atoms with van der Waals surface area (Å²) in [6.07, 6.45) is 0. The molecule has 4 aliphatic rings. The number of nitrogens with zero attached hydrogens (tertiary/aromatic N) is 2. The second-order valence-corrected chi connectivity index (χ2v) is 31.3. The quantitative estimate of drug-likeness (QED) is 0.157. The largest absolute Gasteiger partial charge is 0.309 e. The van der Waals surface area contributed by atoms with E-state index in [9.17, 15) is 0 Å². The van der Waals surface area contributed by atoms with Crippen LogP contribution in [-0.2, 0) is 21.7 Å². The van der Waals surface area contributed by atoms with Gasteiger partial charge in [0.1, 0.15) is 0 Å². The molecule has 0 atom stereocenters. The van der Waals surface area contributed by atoms with E-state index in [4.69, 9.17) is 0 Å². The van der Waals surface area contributed by atoms with Crippen LogP contribution >= 0.6 is 0 Å². The van der Waals surface area contributed by atoms with Gasteiger partial charge in [-0.3, -0.25) is 0 Å². The van der Waals surface area contributed by atoms with Gasteiger partial charge in [0.15, 0.2) is 0 Å². The van der Waals surface area contributed by atoms with E-state index in [1.165, 1.54) is 200 Å². The van der Waals surface area contributed by atoms with Crippen molar-refractivity contribution in [2.45, 2.75) is 77.0 Å². The topological polar surface area (TPSA) is 6.48 Å². The molecule has 102 heavy (non-hydrogen) atoms. The normalized spacial score (nSPS) is 15.1. The number of hydrogen-bond acceptors (Lipinski definition) is 2. The first-order chi connectivity index (χ1) is 49.5. The zero-order valence-electron chi connectivity index (χ0n) is 58.9. The molecule has 16 aromatic carbocycles. The Morgan fingerprint density at radius 2 is 0.333 bits per heavy atom. The highest BCUT2D eigenvalue weighted by Gasteiger charge is 2.48. The van der Waals surface area contributed by atoms with Gasteiger partial charge in [-0.2, -0.15) is 0 Å². The van der Waals surface area contributed by atoms with Gasteiger partial charge in [-0.15, -0.1) is 0 Å². The summed E-state index contributed by atoms with van der Waals surface area (Å²) in [6, 6.07) is 120. The van der Waals surface area contributed by atoms with Gasteiger partial charge < -0.3 is 9.80 Å². The van der Waals surface area contributed by atoms with E-state index >= 15 is 0 Å². The summed E-state index contributed by atoms with van der Waals surface area (Å²) in [5.74, 6) is 0. The second kappa shape index (κ2) is 21.8. The Balaban J connectivity index is 0.681. The van der Waals surface area contributed by atoms with Gasteiger partial charge in [0.25, 0.3) is 0 Å². The second-order valence-electron chi connectivity index (χ2n) is 31.3. The van der Waals surface area contributed by atoms with Crippen LogP contribution in [0.1, 0.15) is 99.9 Å². The average molecular weight is 1310 g/mol. The maximum Gasteiger partial charge on any atom is 0.0544 e. The fourth-order valence-electron chi connectivity index (χ4n) is 18.1. The predicted octanol–water partition coefficient (Wildman–Crippen LogP) is 27.5. The van der Waals surface area contributed by atoms with E-state index < -0.39 is 0 Å². The van der Waals surface area contributed by atoms with Crippen LogP contribution in [0.2, 0.25) is 0 Å². The number of benzene rings is 16. The number of fused-ring (bicyclic) bond motifs is 12. The van der Waals surface area contributed by atoms with E-state index in [0.717, 1.165) is 0 Å². The zero-order chi connectivity index (χ0) is 68.7. The highest BCUT2D eigenvalue weighted by atomic mass is 15.2. The molecule has 16 aromatic rings. The minimum atomic E-state index is -0.335. The summed E-state index contributed by atoms with van der Waals surface area (Å²) in [7, 11) is 0. The third kappa shape index (κ3) is 9.04. The molecule has 0 spiro atoms. The van der Waals surface area contributed by atoms with Gasteiger partial charge in [0.05, 0.1) is 34.1 Å². The van der Waals surface area contributed by atoms with Gasteiger partial charge in [0, 0.05) is 21.7 Å². The number of hydrogen-bond donors (Lipinski definition) is 0. The van der Waals surface area contributed by atoms with Crippen LogP contribution in [0.3, 0.4) is 0 Å². The highest BCUT2D eigenvalue weighted by Crippen LogP contribution is 2.64. The lowest BCUT2D eigenvalue weighted by Gasteiger charge is -2.50. The monoisotopic (exact) mass is 1300 g/mol. The lowest BCUT2D eigenvalue weighted by molar-refractivity contribution is 0.597. The summed E-state index contributed by atoms with van der Waals surface area (Å²) in [5, 5.41) is 10.0. The third-order valence-electron chi connectivity index (χ3n) is 24.1. The van der Waals surface area contributed by atoms with Gasteiger partial charge in [0.2, 0.25) is 0 Å². The van der Waals surface area contributed by atoms with Crippen molar-refractivity contribution >= 4 is 77.2 Å². The molecule has 4 aliphatic heterocycles. The molecule has 0 N–H and O–H groups in total. The zero-order valence-corrected chi connectivity index (χ0v) is 58.9. The van der Waals surface area contributed by atoms with Crippen molar-refractivity contribution in [3.8, 4) is 77.9 Å². The van der Waals surface area contributed by atoms with Crippen LogP contribution in [0.5, 0.6) is 0 Å². The van der Waals surface area contributed by atoms with Gasteiger partial charge in [-0.1, -0.05) is 274 Å². The number of rotatable bonds is 7. The first-order valence-electron chi connectivity index (χ1n) is 36.3. The van der Waals surface area contributed by atoms with Crippen LogP contribution in [0.15, 0.2) is 315 Å². The molecule has 4 heterocycles. The van der Waals surface area contributed by atoms with Crippen LogP contribution in [0, 0.1) is 0 Å². The van der Waals surface area contributed by atoms with E-state index in [2.05, 4.69) is 381 Å². The number of anilines is 6. The van der Waals surface area contributed by atoms with Crippen molar-refractivity contribution in [2.24, 2.45) is 0 Å². The Morgan fingerprint density at radius 1 is 0.157 bits per heavy atom. The average Bonchev–Trinajstić information content (AvgIpc) is 0.691. The third-order valence-corrected chi connectivity index (χ3v) is 24.1. The standard InChI is InChI=1S/C100H76N2/c1-97(2)83-53-77(73-37-33-61-17-9-13-21-69(61)49-73)41-45-91(83)101-92-46-42-78(74-38-34-62-18-10-14-22-70(62)50-74)54-84(92)98(3,4)88-58-81(57-87(97)95(88)101)67-29-25-65(26-30-67)66-27-31-68(32-28-66)82-59-89-96-90(60-82)100(7,8)86-56-80(76-40-36-64-20-12-16-24-72(64)52-76)44-48-94(86)102(96)93-47-43-79(55-85(93)99(89,5)6)75-39-35-63-19-11-15-23-71(63)51-75/h9-60H,1-8H3. The molecule has 20 rings (SSSR count). The molecule has 0 radical (unpaired) electrons. The highest BCUT2D eigenvalue weighted by molar-refractivity contribution is 6.00. The van der Waals surface area contributed by atoms with Crippen LogP contribution < -0.4 is 9.80 Å². The molecular formula is C100H76N2. The minimum Gasteiger partial charge on any atom is -0.309 e. The summed E-state index contributed by atoms with van der Waals surface area (Å²) >= 11 is 0. The maximum atomic E-state index is 2.61. The summed E-state index contributed by atoms with van der Waals surface area (Å²) in [4.78, 5) is 5.22. The van der Waals surface area contributed by atoms with E-state index in [1.54, 1.807) is 0 Å².